The number of carbonyl (C=O) groups is 1. The van der Waals surface area contributed by atoms with Crippen molar-refractivity contribution in [3.05, 3.63) is 48.0 Å². The molecule has 0 aromatic heterocycles. The number of rotatable bonds is 3. The van der Waals surface area contributed by atoms with Crippen LogP contribution in [0.3, 0.4) is 0 Å². The van der Waals surface area contributed by atoms with Crippen LogP contribution < -0.4 is 0 Å². The number of benzene rings is 2. The summed E-state index contributed by atoms with van der Waals surface area (Å²) >= 11 is 0. The largest absolute Gasteiger partial charge is 0.294 e. The van der Waals surface area contributed by atoms with E-state index in [0.29, 0.717) is 12.8 Å². The third-order valence-electron chi connectivity index (χ3n) is 2.73. The molecule has 0 amide bonds. The molecule has 0 fully saturated rings. The average Bonchev–Trinajstić information content (AvgIpc) is 2.38. The molecular weight excluding hydrogens is 208 g/mol. The summed E-state index contributed by atoms with van der Waals surface area (Å²) in [5, 5.41) is 2.28. The second kappa shape index (κ2) is 5.32. The SMILES string of the molecule is CC#CCCC(=O)c1ccc2ccccc2c1. The molecule has 1 nitrogen and oxygen atoms in total. The second-order valence-corrected chi connectivity index (χ2v) is 3.91. The molecule has 17 heavy (non-hydrogen) atoms. The van der Waals surface area contributed by atoms with Gasteiger partial charge in [-0.05, 0) is 23.8 Å². The summed E-state index contributed by atoms with van der Waals surface area (Å²) in [4.78, 5) is 11.9. The van der Waals surface area contributed by atoms with E-state index in [2.05, 4.69) is 11.8 Å². The van der Waals surface area contributed by atoms with Gasteiger partial charge < -0.3 is 0 Å². The van der Waals surface area contributed by atoms with Gasteiger partial charge in [-0.25, -0.2) is 0 Å². The van der Waals surface area contributed by atoms with Gasteiger partial charge in [0.05, 0.1) is 0 Å². The van der Waals surface area contributed by atoms with Crippen LogP contribution in [-0.4, -0.2) is 5.78 Å². The van der Waals surface area contributed by atoms with Crippen LogP contribution in [0, 0.1) is 11.8 Å². The molecule has 0 heterocycles. The molecule has 0 aliphatic heterocycles. The van der Waals surface area contributed by atoms with Crippen LogP contribution in [0.15, 0.2) is 42.5 Å². The molecule has 0 atom stereocenters. The van der Waals surface area contributed by atoms with Crippen LogP contribution >= 0.6 is 0 Å². The minimum Gasteiger partial charge on any atom is -0.294 e. The molecule has 1 heteroatoms. The number of hydrogen-bond acceptors (Lipinski definition) is 1. The fraction of sp³-hybridized carbons (Fsp3) is 0.188. The summed E-state index contributed by atoms with van der Waals surface area (Å²) in [6, 6.07) is 13.9. The summed E-state index contributed by atoms with van der Waals surface area (Å²) in [6.07, 6.45) is 1.14. The van der Waals surface area contributed by atoms with Gasteiger partial charge in [0.2, 0.25) is 0 Å². The Balaban J connectivity index is 2.23. The fourth-order valence-electron chi connectivity index (χ4n) is 1.81. The first-order valence-electron chi connectivity index (χ1n) is 5.73. The Bertz CT molecular complexity index is 599. The average molecular weight is 222 g/mol. The van der Waals surface area contributed by atoms with Crippen molar-refractivity contribution in [1.82, 2.24) is 0 Å². The minimum absolute atomic E-state index is 0.165. The number of Topliss-reactive ketones (excluding diaryl/α,β-unsaturated/α-hetero) is 1. The maximum absolute atomic E-state index is 11.9. The van der Waals surface area contributed by atoms with Gasteiger partial charge >= 0.3 is 0 Å². The Morgan fingerprint density at radius 2 is 1.88 bits per heavy atom. The van der Waals surface area contributed by atoms with Crippen molar-refractivity contribution in [2.75, 3.05) is 0 Å². The molecule has 0 bridgehead atoms. The fourth-order valence-corrected chi connectivity index (χ4v) is 1.81. The monoisotopic (exact) mass is 222 g/mol. The Morgan fingerprint density at radius 3 is 2.65 bits per heavy atom. The summed E-state index contributed by atoms with van der Waals surface area (Å²) in [6.45, 7) is 1.79. The van der Waals surface area contributed by atoms with Gasteiger partial charge in [0, 0.05) is 18.4 Å². The summed E-state index contributed by atoms with van der Waals surface area (Å²) in [5.74, 6) is 5.88. The zero-order chi connectivity index (χ0) is 12.1. The van der Waals surface area contributed by atoms with Crippen LogP contribution in [-0.2, 0) is 0 Å². The van der Waals surface area contributed by atoms with E-state index in [1.165, 1.54) is 0 Å². The first-order valence-corrected chi connectivity index (χ1v) is 5.73. The van der Waals surface area contributed by atoms with Crippen molar-refractivity contribution in [3.8, 4) is 11.8 Å². The highest BCUT2D eigenvalue weighted by Crippen LogP contribution is 2.16. The molecule has 2 rings (SSSR count). The molecule has 84 valence electrons. The van der Waals surface area contributed by atoms with Gasteiger partial charge in [-0.3, -0.25) is 4.79 Å². The molecule has 0 aliphatic carbocycles. The van der Waals surface area contributed by atoms with E-state index >= 15 is 0 Å². The molecule has 0 saturated carbocycles. The second-order valence-electron chi connectivity index (χ2n) is 3.91. The summed E-state index contributed by atoms with van der Waals surface area (Å²) in [5.41, 5.74) is 0.779. The molecular formula is C16H14O. The lowest BCUT2D eigenvalue weighted by atomic mass is 10.0. The lowest BCUT2D eigenvalue weighted by Gasteiger charge is -2.01. The van der Waals surface area contributed by atoms with E-state index < -0.39 is 0 Å². The number of carbonyl (C=O) groups excluding carboxylic acids is 1. The van der Waals surface area contributed by atoms with Gasteiger partial charge in [0.25, 0.3) is 0 Å². The van der Waals surface area contributed by atoms with Crippen LogP contribution in [0.1, 0.15) is 30.1 Å². The molecule has 0 aliphatic rings. The quantitative estimate of drug-likeness (QED) is 0.570. The first-order chi connectivity index (χ1) is 8.31. The Labute approximate surface area is 101 Å². The van der Waals surface area contributed by atoms with E-state index in [1.807, 2.05) is 42.5 Å². The van der Waals surface area contributed by atoms with Crippen LogP contribution in [0.25, 0.3) is 10.8 Å². The lowest BCUT2D eigenvalue weighted by molar-refractivity contribution is 0.0984. The number of ketones is 1. The van der Waals surface area contributed by atoms with Crippen LogP contribution in [0.5, 0.6) is 0 Å². The van der Waals surface area contributed by atoms with Crippen molar-refractivity contribution < 1.29 is 4.79 Å². The highest BCUT2D eigenvalue weighted by molar-refractivity contribution is 6.00. The van der Waals surface area contributed by atoms with E-state index in [0.717, 1.165) is 16.3 Å². The smallest absolute Gasteiger partial charge is 0.163 e. The van der Waals surface area contributed by atoms with Gasteiger partial charge in [0.1, 0.15) is 0 Å². The van der Waals surface area contributed by atoms with Gasteiger partial charge in [-0.2, -0.15) is 0 Å². The van der Waals surface area contributed by atoms with Crippen molar-refractivity contribution in [2.45, 2.75) is 19.8 Å². The molecule has 0 radical (unpaired) electrons. The summed E-state index contributed by atoms with van der Waals surface area (Å²) in [7, 11) is 0. The first kappa shape index (κ1) is 11.4. The van der Waals surface area contributed by atoms with E-state index in [4.69, 9.17) is 0 Å². The molecule has 0 unspecified atom stereocenters. The molecule has 0 spiro atoms. The predicted octanol–water partition coefficient (Wildman–Crippen LogP) is 3.83. The highest BCUT2D eigenvalue weighted by atomic mass is 16.1. The molecule has 2 aromatic carbocycles. The highest BCUT2D eigenvalue weighted by Gasteiger charge is 2.05. The Hall–Kier alpha value is -2.07. The summed E-state index contributed by atoms with van der Waals surface area (Å²) < 4.78 is 0. The minimum atomic E-state index is 0.165. The number of hydrogen-bond donors (Lipinski definition) is 0. The van der Waals surface area contributed by atoms with E-state index in [9.17, 15) is 4.79 Å². The normalized spacial score (nSPS) is 9.71. The van der Waals surface area contributed by atoms with Crippen molar-refractivity contribution in [2.24, 2.45) is 0 Å². The maximum Gasteiger partial charge on any atom is 0.163 e. The predicted molar refractivity (Wildman–Crippen MR) is 71.0 cm³/mol. The zero-order valence-corrected chi connectivity index (χ0v) is 9.86. The van der Waals surface area contributed by atoms with Crippen LogP contribution in [0.2, 0.25) is 0 Å². The topological polar surface area (TPSA) is 17.1 Å². The van der Waals surface area contributed by atoms with Crippen molar-refractivity contribution in [1.29, 1.82) is 0 Å². The van der Waals surface area contributed by atoms with Crippen molar-refractivity contribution >= 4 is 16.6 Å². The Kier molecular flexibility index (Phi) is 3.57. The third-order valence-corrected chi connectivity index (χ3v) is 2.73. The van der Waals surface area contributed by atoms with E-state index in [-0.39, 0.29) is 5.78 Å². The maximum atomic E-state index is 11.9. The van der Waals surface area contributed by atoms with Gasteiger partial charge in [-0.1, -0.05) is 36.4 Å². The standard InChI is InChI=1S/C16H14O/c1-2-3-4-9-16(17)15-11-10-13-7-5-6-8-14(13)12-15/h5-8,10-12H,4,9H2,1H3. The van der Waals surface area contributed by atoms with Crippen molar-refractivity contribution in [3.63, 3.8) is 0 Å². The third kappa shape index (κ3) is 2.73. The van der Waals surface area contributed by atoms with Gasteiger partial charge in [0.15, 0.2) is 5.78 Å². The molecule has 2 aromatic rings. The zero-order valence-electron chi connectivity index (χ0n) is 9.86. The number of fused-ring (bicyclic) bond motifs is 1. The lowest BCUT2D eigenvalue weighted by Crippen LogP contribution is -1.97. The molecule has 0 N–H and O–H groups in total. The Morgan fingerprint density at radius 1 is 1.12 bits per heavy atom. The molecule has 0 saturated heterocycles. The van der Waals surface area contributed by atoms with Crippen LogP contribution in [0.4, 0.5) is 0 Å². The van der Waals surface area contributed by atoms with Gasteiger partial charge in [-0.15, -0.1) is 11.8 Å². The van der Waals surface area contributed by atoms with E-state index in [1.54, 1.807) is 6.92 Å².